The van der Waals surface area contributed by atoms with Crippen LogP contribution in [0, 0.1) is 11.7 Å². The largest absolute Gasteiger partial charge is 0.490 e. The van der Waals surface area contributed by atoms with Gasteiger partial charge in [0.15, 0.2) is 21.4 Å². The number of halogens is 1. The first-order valence-electron chi connectivity index (χ1n) is 11.8. The van der Waals surface area contributed by atoms with Crippen LogP contribution in [0.3, 0.4) is 0 Å². The summed E-state index contributed by atoms with van der Waals surface area (Å²) in [6.45, 7) is 7.83. The topological polar surface area (TPSA) is 69.7 Å². The third-order valence-corrected chi connectivity index (χ3v) is 7.43. The summed E-state index contributed by atoms with van der Waals surface area (Å²) >= 11 is 0. The van der Waals surface area contributed by atoms with Crippen LogP contribution in [0.2, 0.25) is 0 Å². The SMILES string of the molecule is C[C@@H](CS(=O)(=O)Cc1ccc(CCC(=O)OC(C)(C)C)cc1)c1ccc(F)c(OCC2CC2)c1. The van der Waals surface area contributed by atoms with Crippen molar-refractivity contribution in [3.63, 3.8) is 0 Å². The molecule has 0 heterocycles. The molecule has 0 aromatic heterocycles. The number of carbonyl (C=O) groups is 1. The quantitative estimate of drug-likeness (QED) is 0.383. The molecule has 1 saturated carbocycles. The molecule has 0 unspecified atom stereocenters. The second-order valence-electron chi connectivity index (χ2n) is 10.3. The molecule has 5 nitrogen and oxygen atoms in total. The lowest BCUT2D eigenvalue weighted by molar-refractivity contribution is -0.154. The van der Waals surface area contributed by atoms with Gasteiger partial charge in [-0.1, -0.05) is 37.3 Å². The molecular formula is C27H35FO5S. The van der Waals surface area contributed by atoms with E-state index in [0.717, 1.165) is 24.0 Å². The van der Waals surface area contributed by atoms with E-state index >= 15 is 0 Å². The van der Waals surface area contributed by atoms with E-state index in [4.69, 9.17) is 9.47 Å². The number of carbonyl (C=O) groups excluding carboxylic acids is 1. The Bertz CT molecular complexity index is 1080. The van der Waals surface area contributed by atoms with Crippen molar-refractivity contribution in [2.24, 2.45) is 5.92 Å². The average molecular weight is 491 g/mol. The van der Waals surface area contributed by atoms with Gasteiger partial charge in [-0.2, -0.15) is 0 Å². The first kappa shape index (κ1) is 26.2. The molecule has 2 aromatic rings. The monoisotopic (exact) mass is 490 g/mol. The van der Waals surface area contributed by atoms with Gasteiger partial charge in [0.1, 0.15) is 5.60 Å². The van der Waals surface area contributed by atoms with E-state index in [2.05, 4.69) is 0 Å². The number of ether oxygens (including phenoxy) is 2. The molecule has 0 bridgehead atoms. The predicted molar refractivity (Wildman–Crippen MR) is 131 cm³/mol. The Hall–Kier alpha value is -2.41. The van der Waals surface area contributed by atoms with Crippen molar-refractivity contribution in [1.82, 2.24) is 0 Å². The van der Waals surface area contributed by atoms with Gasteiger partial charge in [0, 0.05) is 6.42 Å². The fraction of sp³-hybridized carbons (Fsp3) is 0.519. The molecule has 34 heavy (non-hydrogen) atoms. The molecule has 2 aromatic carbocycles. The zero-order chi connectivity index (χ0) is 24.9. The summed E-state index contributed by atoms with van der Waals surface area (Å²) in [6, 6.07) is 11.9. The van der Waals surface area contributed by atoms with Crippen LogP contribution in [0.5, 0.6) is 5.75 Å². The van der Waals surface area contributed by atoms with Crippen LogP contribution in [-0.4, -0.2) is 32.3 Å². The molecule has 0 radical (unpaired) electrons. The van der Waals surface area contributed by atoms with E-state index in [1.165, 1.54) is 6.07 Å². The third-order valence-electron chi connectivity index (χ3n) is 5.65. The van der Waals surface area contributed by atoms with E-state index in [-0.39, 0.29) is 35.6 Å². The smallest absolute Gasteiger partial charge is 0.306 e. The second kappa shape index (κ2) is 10.9. The van der Waals surface area contributed by atoms with Crippen molar-refractivity contribution in [3.05, 3.63) is 65.0 Å². The van der Waals surface area contributed by atoms with Gasteiger partial charge in [0.05, 0.1) is 18.1 Å². The number of sulfone groups is 1. The van der Waals surface area contributed by atoms with Crippen molar-refractivity contribution in [3.8, 4) is 5.75 Å². The standard InChI is InChI=1S/C27H35FO5S/c1-19(23-12-13-24(28)25(15-23)32-16-21-7-8-21)17-34(30,31)18-22-9-5-20(6-10-22)11-14-26(29)33-27(2,3)4/h5-6,9-10,12-13,15,19,21H,7-8,11,14,16-18H2,1-4H3/t19-/m0/s1. The fourth-order valence-corrected chi connectivity index (χ4v) is 5.43. The Kier molecular flexibility index (Phi) is 8.39. The Labute approximate surface area is 202 Å². The van der Waals surface area contributed by atoms with E-state index in [1.807, 2.05) is 39.8 Å². The number of benzene rings is 2. The van der Waals surface area contributed by atoms with E-state index in [0.29, 0.717) is 24.5 Å². The Morgan fingerprint density at radius 2 is 1.74 bits per heavy atom. The van der Waals surface area contributed by atoms with Crippen LogP contribution in [0.25, 0.3) is 0 Å². The summed E-state index contributed by atoms with van der Waals surface area (Å²) in [5, 5.41) is 0. The Balaban J connectivity index is 1.54. The number of aryl methyl sites for hydroxylation is 1. The van der Waals surface area contributed by atoms with Crippen LogP contribution < -0.4 is 4.74 Å². The molecule has 0 spiro atoms. The van der Waals surface area contributed by atoms with E-state index in [9.17, 15) is 17.6 Å². The predicted octanol–water partition coefficient (Wildman–Crippen LogP) is 5.61. The van der Waals surface area contributed by atoms with Crippen molar-refractivity contribution in [1.29, 1.82) is 0 Å². The first-order chi connectivity index (χ1) is 15.9. The van der Waals surface area contributed by atoms with Crippen LogP contribution in [0.4, 0.5) is 4.39 Å². The minimum absolute atomic E-state index is 0.0406. The van der Waals surface area contributed by atoms with Gasteiger partial charge in [-0.05, 0) is 80.7 Å². The average Bonchev–Trinajstić information content (AvgIpc) is 3.55. The summed E-state index contributed by atoms with van der Waals surface area (Å²) in [4.78, 5) is 11.9. The number of esters is 1. The number of hydrogen-bond acceptors (Lipinski definition) is 5. The van der Waals surface area contributed by atoms with Crippen LogP contribution >= 0.6 is 0 Å². The summed E-state index contributed by atoms with van der Waals surface area (Å²) in [5.74, 6) is -0.389. The highest BCUT2D eigenvalue weighted by Crippen LogP contribution is 2.31. The summed E-state index contributed by atoms with van der Waals surface area (Å²) < 4.78 is 50.6. The van der Waals surface area contributed by atoms with Crippen molar-refractivity contribution < 1.29 is 27.1 Å². The number of rotatable bonds is 11. The summed E-state index contributed by atoms with van der Waals surface area (Å²) in [7, 11) is -3.39. The first-order valence-corrected chi connectivity index (χ1v) is 13.6. The highest BCUT2D eigenvalue weighted by atomic mass is 32.2. The normalized spacial score (nSPS) is 15.1. The Morgan fingerprint density at radius 1 is 1.09 bits per heavy atom. The maximum atomic E-state index is 14.1. The summed E-state index contributed by atoms with van der Waals surface area (Å²) in [6.07, 6.45) is 3.03. The lowest BCUT2D eigenvalue weighted by atomic mass is 10.0. The van der Waals surface area contributed by atoms with Crippen molar-refractivity contribution in [2.75, 3.05) is 12.4 Å². The maximum Gasteiger partial charge on any atom is 0.306 e. The molecule has 7 heteroatoms. The fourth-order valence-electron chi connectivity index (χ4n) is 3.66. The Morgan fingerprint density at radius 3 is 2.35 bits per heavy atom. The van der Waals surface area contributed by atoms with E-state index < -0.39 is 21.3 Å². The maximum absolute atomic E-state index is 14.1. The molecule has 0 amide bonds. The minimum atomic E-state index is -3.39. The molecule has 1 atom stereocenters. The van der Waals surface area contributed by atoms with Gasteiger partial charge in [-0.15, -0.1) is 0 Å². The molecule has 0 aliphatic heterocycles. The lowest BCUT2D eigenvalue weighted by Crippen LogP contribution is -2.24. The van der Waals surface area contributed by atoms with Gasteiger partial charge in [0.25, 0.3) is 0 Å². The highest BCUT2D eigenvalue weighted by molar-refractivity contribution is 7.90. The number of hydrogen-bond donors (Lipinski definition) is 0. The van der Waals surface area contributed by atoms with Crippen LogP contribution in [0.1, 0.15) is 69.6 Å². The molecule has 1 aliphatic rings. The van der Waals surface area contributed by atoms with Gasteiger partial charge < -0.3 is 9.47 Å². The summed E-state index contributed by atoms with van der Waals surface area (Å²) in [5.41, 5.74) is 1.88. The zero-order valence-electron chi connectivity index (χ0n) is 20.5. The third kappa shape index (κ3) is 8.75. The van der Waals surface area contributed by atoms with Gasteiger partial charge in [0.2, 0.25) is 0 Å². The van der Waals surface area contributed by atoms with E-state index in [1.54, 1.807) is 24.3 Å². The zero-order valence-corrected chi connectivity index (χ0v) is 21.3. The molecule has 3 rings (SSSR count). The van der Waals surface area contributed by atoms with Gasteiger partial charge in [-0.25, -0.2) is 12.8 Å². The molecule has 0 saturated heterocycles. The van der Waals surface area contributed by atoms with Crippen LogP contribution in [-0.2, 0) is 31.5 Å². The molecular weight excluding hydrogens is 455 g/mol. The van der Waals surface area contributed by atoms with Crippen molar-refractivity contribution >= 4 is 15.8 Å². The van der Waals surface area contributed by atoms with Crippen LogP contribution in [0.15, 0.2) is 42.5 Å². The molecule has 0 N–H and O–H groups in total. The minimum Gasteiger partial charge on any atom is -0.490 e. The molecule has 1 aliphatic carbocycles. The molecule has 1 fully saturated rings. The highest BCUT2D eigenvalue weighted by Gasteiger charge is 2.23. The lowest BCUT2D eigenvalue weighted by Gasteiger charge is -2.19. The van der Waals surface area contributed by atoms with Gasteiger partial charge in [-0.3, -0.25) is 4.79 Å². The van der Waals surface area contributed by atoms with Gasteiger partial charge >= 0.3 is 5.97 Å². The molecule has 186 valence electrons. The van der Waals surface area contributed by atoms with Crippen molar-refractivity contribution in [2.45, 2.75) is 70.7 Å². The second-order valence-corrected chi connectivity index (χ2v) is 12.4.